The van der Waals surface area contributed by atoms with Crippen molar-refractivity contribution in [2.24, 2.45) is 0 Å². The molecular weight excluding hydrogens is 360 g/mol. The minimum Gasteiger partial charge on any atom is -0.323 e. The Morgan fingerprint density at radius 1 is 1.28 bits per heavy atom. The molecule has 9 heteroatoms. The number of carbonyl (C=O) groups excluding carboxylic acids is 1. The molecule has 2 aromatic heterocycles. The van der Waals surface area contributed by atoms with Gasteiger partial charge < -0.3 is 5.32 Å². The van der Waals surface area contributed by atoms with Crippen LogP contribution in [0.15, 0.2) is 41.7 Å². The van der Waals surface area contributed by atoms with Crippen LogP contribution in [0.1, 0.15) is 11.1 Å². The molecule has 7 nitrogen and oxygen atoms in total. The molecule has 0 saturated heterocycles. The lowest BCUT2D eigenvalue weighted by Gasteiger charge is -2.09. The minimum absolute atomic E-state index is 0.149. The molecule has 1 aromatic carbocycles. The molecule has 25 heavy (non-hydrogen) atoms. The molecule has 0 atom stereocenters. The third-order valence-corrected chi connectivity index (χ3v) is 4.83. The summed E-state index contributed by atoms with van der Waals surface area (Å²) in [6, 6.07) is 9.32. The molecule has 0 unspecified atom stereocenters. The Labute approximate surface area is 153 Å². The fraction of sp³-hybridized carbons (Fsp3) is 0.188. The van der Waals surface area contributed by atoms with Gasteiger partial charge in [-0.15, -0.1) is 5.10 Å². The molecule has 2 heterocycles. The van der Waals surface area contributed by atoms with Crippen molar-refractivity contribution in [3.05, 3.63) is 52.8 Å². The Bertz CT molecular complexity index is 913. The number of aromatic nitrogens is 5. The summed E-state index contributed by atoms with van der Waals surface area (Å²) in [5.41, 5.74) is 3.60. The summed E-state index contributed by atoms with van der Waals surface area (Å²) < 4.78 is 1.64. The van der Waals surface area contributed by atoms with E-state index in [1.807, 2.05) is 32.0 Å². The van der Waals surface area contributed by atoms with Gasteiger partial charge in [0, 0.05) is 6.20 Å². The van der Waals surface area contributed by atoms with Gasteiger partial charge >= 0.3 is 0 Å². The average Bonchev–Trinajstić information content (AvgIpc) is 3.06. The Morgan fingerprint density at radius 2 is 2.12 bits per heavy atom. The minimum atomic E-state index is -0.213. The van der Waals surface area contributed by atoms with E-state index in [-0.39, 0.29) is 16.8 Å². The lowest BCUT2D eigenvalue weighted by Crippen LogP contribution is -2.15. The number of halogens is 1. The first-order chi connectivity index (χ1) is 12.1. The highest BCUT2D eigenvalue weighted by Gasteiger charge is 2.14. The van der Waals surface area contributed by atoms with E-state index in [0.717, 1.165) is 16.8 Å². The molecule has 128 valence electrons. The maximum atomic E-state index is 12.1. The quantitative estimate of drug-likeness (QED) is 0.545. The van der Waals surface area contributed by atoms with E-state index in [2.05, 4.69) is 25.8 Å². The van der Waals surface area contributed by atoms with Crippen molar-refractivity contribution in [1.82, 2.24) is 25.2 Å². The van der Waals surface area contributed by atoms with Crippen LogP contribution in [-0.2, 0) is 4.79 Å². The number of pyridine rings is 1. The van der Waals surface area contributed by atoms with Gasteiger partial charge in [0.25, 0.3) is 0 Å². The van der Waals surface area contributed by atoms with E-state index in [0.29, 0.717) is 10.8 Å². The summed E-state index contributed by atoms with van der Waals surface area (Å²) in [6.45, 7) is 4.04. The summed E-state index contributed by atoms with van der Waals surface area (Å²) in [5.74, 6) is -0.0633. The van der Waals surface area contributed by atoms with Gasteiger partial charge in [0.1, 0.15) is 0 Å². The summed E-state index contributed by atoms with van der Waals surface area (Å²) >= 11 is 7.18. The molecule has 0 aliphatic heterocycles. The second kappa shape index (κ2) is 7.62. The number of thioether (sulfide) groups is 1. The van der Waals surface area contributed by atoms with Crippen molar-refractivity contribution in [2.45, 2.75) is 19.0 Å². The number of tetrazole rings is 1. The van der Waals surface area contributed by atoms with Gasteiger partial charge in [0.05, 0.1) is 17.1 Å². The van der Waals surface area contributed by atoms with Gasteiger partial charge in [-0.25, -0.2) is 4.98 Å². The molecule has 0 radical (unpaired) electrons. The highest BCUT2D eigenvalue weighted by atomic mass is 35.5. The Balaban J connectivity index is 1.71. The van der Waals surface area contributed by atoms with Gasteiger partial charge in [0.15, 0.2) is 5.15 Å². The SMILES string of the molecule is Cc1cccc(-n2nnnc2SCC(=O)Nc2cccnc2Cl)c1C. The second-order valence-electron chi connectivity index (χ2n) is 5.27. The molecule has 0 bridgehead atoms. The van der Waals surface area contributed by atoms with Crippen LogP contribution in [0.2, 0.25) is 5.15 Å². The Hall–Kier alpha value is -2.45. The van der Waals surface area contributed by atoms with Crippen LogP contribution < -0.4 is 5.32 Å². The highest BCUT2D eigenvalue weighted by Crippen LogP contribution is 2.23. The zero-order valence-corrected chi connectivity index (χ0v) is 15.2. The number of nitrogens with zero attached hydrogens (tertiary/aromatic N) is 5. The fourth-order valence-electron chi connectivity index (χ4n) is 2.18. The topological polar surface area (TPSA) is 85.6 Å². The predicted octanol–water partition coefficient (Wildman–Crippen LogP) is 3.06. The largest absolute Gasteiger partial charge is 0.323 e. The zero-order valence-electron chi connectivity index (χ0n) is 13.6. The summed E-state index contributed by atoms with van der Waals surface area (Å²) in [5, 5.41) is 15.3. The predicted molar refractivity (Wildman–Crippen MR) is 97.2 cm³/mol. The first kappa shape index (κ1) is 17.4. The molecule has 1 N–H and O–H groups in total. The third kappa shape index (κ3) is 3.97. The average molecular weight is 375 g/mol. The van der Waals surface area contributed by atoms with Crippen LogP contribution in [0.3, 0.4) is 0 Å². The molecule has 0 spiro atoms. The lowest BCUT2D eigenvalue weighted by molar-refractivity contribution is -0.113. The highest BCUT2D eigenvalue weighted by molar-refractivity contribution is 7.99. The van der Waals surface area contributed by atoms with E-state index in [4.69, 9.17) is 11.6 Å². The molecule has 0 aliphatic rings. The van der Waals surface area contributed by atoms with Gasteiger partial charge in [-0.1, -0.05) is 35.5 Å². The monoisotopic (exact) mass is 374 g/mol. The lowest BCUT2D eigenvalue weighted by atomic mass is 10.1. The van der Waals surface area contributed by atoms with E-state index in [1.54, 1.807) is 23.0 Å². The van der Waals surface area contributed by atoms with Crippen LogP contribution in [0.5, 0.6) is 0 Å². The van der Waals surface area contributed by atoms with Crippen LogP contribution in [0, 0.1) is 13.8 Å². The molecule has 0 saturated carbocycles. The molecule has 1 amide bonds. The smallest absolute Gasteiger partial charge is 0.234 e. The Morgan fingerprint density at radius 3 is 2.92 bits per heavy atom. The van der Waals surface area contributed by atoms with E-state index in [9.17, 15) is 4.79 Å². The van der Waals surface area contributed by atoms with E-state index in [1.165, 1.54) is 11.8 Å². The van der Waals surface area contributed by atoms with Crippen LogP contribution in [-0.4, -0.2) is 36.9 Å². The van der Waals surface area contributed by atoms with Gasteiger partial charge in [0.2, 0.25) is 11.1 Å². The maximum absolute atomic E-state index is 12.1. The molecule has 3 aromatic rings. The summed E-state index contributed by atoms with van der Waals surface area (Å²) in [6.07, 6.45) is 1.56. The van der Waals surface area contributed by atoms with Crippen molar-refractivity contribution >= 4 is 35.0 Å². The number of aryl methyl sites for hydroxylation is 1. The number of amides is 1. The van der Waals surface area contributed by atoms with Gasteiger partial charge in [-0.3, -0.25) is 4.79 Å². The normalized spacial score (nSPS) is 10.7. The van der Waals surface area contributed by atoms with Crippen molar-refractivity contribution in [3.8, 4) is 5.69 Å². The summed E-state index contributed by atoms with van der Waals surface area (Å²) in [4.78, 5) is 16.1. The number of hydrogen-bond acceptors (Lipinski definition) is 6. The van der Waals surface area contributed by atoms with Crippen LogP contribution in [0.4, 0.5) is 5.69 Å². The summed E-state index contributed by atoms with van der Waals surface area (Å²) in [7, 11) is 0. The van der Waals surface area contributed by atoms with Crippen molar-refractivity contribution in [2.75, 3.05) is 11.1 Å². The van der Waals surface area contributed by atoms with Crippen LogP contribution in [0.25, 0.3) is 5.69 Å². The standard InChI is InChI=1S/C16H15ClN6OS/c1-10-5-3-7-13(11(10)2)23-16(20-21-22-23)25-9-14(24)19-12-6-4-8-18-15(12)17/h3-8H,9H2,1-2H3,(H,19,24). The number of nitrogens with one attached hydrogen (secondary N) is 1. The number of rotatable bonds is 5. The first-order valence-corrected chi connectivity index (χ1v) is 8.81. The fourth-order valence-corrected chi connectivity index (χ4v) is 3.03. The second-order valence-corrected chi connectivity index (χ2v) is 6.57. The van der Waals surface area contributed by atoms with Crippen molar-refractivity contribution < 1.29 is 4.79 Å². The van der Waals surface area contributed by atoms with Crippen LogP contribution >= 0.6 is 23.4 Å². The zero-order chi connectivity index (χ0) is 17.8. The number of carbonyl (C=O) groups is 1. The van der Waals surface area contributed by atoms with Gasteiger partial charge in [-0.2, -0.15) is 4.68 Å². The molecule has 0 aliphatic carbocycles. The maximum Gasteiger partial charge on any atom is 0.234 e. The van der Waals surface area contributed by atoms with E-state index < -0.39 is 0 Å². The van der Waals surface area contributed by atoms with Crippen molar-refractivity contribution in [3.63, 3.8) is 0 Å². The molecule has 3 rings (SSSR count). The van der Waals surface area contributed by atoms with E-state index >= 15 is 0 Å². The van der Waals surface area contributed by atoms with Crippen molar-refractivity contribution in [1.29, 1.82) is 0 Å². The Kier molecular flexibility index (Phi) is 5.30. The first-order valence-electron chi connectivity index (χ1n) is 7.44. The number of benzene rings is 1. The molecular formula is C16H15ClN6OS. The molecule has 0 fully saturated rings. The third-order valence-electron chi connectivity index (χ3n) is 3.61. The number of hydrogen-bond donors (Lipinski definition) is 1. The number of anilines is 1. The van der Waals surface area contributed by atoms with Gasteiger partial charge in [-0.05, 0) is 53.6 Å².